The maximum Gasteiger partial charge on any atom is 0.200 e. The van der Waals surface area contributed by atoms with Crippen molar-refractivity contribution >= 4 is 0 Å². The molecule has 2 aromatic rings. The summed E-state index contributed by atoms with van der Waals surface area (Å²) < 4.78 is 0. The summed E-state index contributed by atoms with van der Waals surface area (Å²) in [6, 6.07) is 0. The van der Waals surface area contributed by atoms with Crippen molar-refractivity contribution in [3.8, 4) is 11.5 Å². The molecule has 2 unspecified atom stereocenters. The molecule has 0 aliphatic heterocycles. The minimum absolute atomic E-state index is 0.670. The molecule has 0 amide bonds. The highest BCUT2D eigenvalue weighted by Crippen LogP contribution is 2.56. The molecule has 6 heteroatoms. The van der Waals surface area contributed by atoms with E-state index in [1.807, 2.05) is 0 Å². The molecular weight excluding hydrogens is 180 g/mol. The maximum atomic E-state index is 4.26. The zero-order valence-electron chi connectivity index (χ0n) is 7.36. The second-order valence-electron chi connectivity index (χ2n) is 4.02. The summed E-state index contributed by atoms with van der Waals surface area (Å²) in [6.07, 6.45) is 2.45. The molecule has 0 spiro atoms. The molecule has 4 rings (SSSR count). The highest BCUT2D eigenvalue weighted by atomic mass is 15.5. The predicted octanol–water partition coefficient (Wildman–Crippen LogP) is 0.249. The van der Waals surface area contributed by atoms with Gasteiger partial charge in [0.2, 0.25) is 0 Å². The third kappa shape index (κ3) is 0.673. The van der Waals surface area contributed by atoms with E-state index in [1.165, 1.54) is 17.7 Å². The average molecular weight is 188 g/mol. The van der Waals surface area contributed by atoms with Crippen molar-refractivity contribution in [3.63, 3.8) is 0 Å². The van der Waals surface area contributed by atoms with E-state index in [0.29, 0.717) is 5.82 Å². The van der Waals surface area contributed by atoms with Crippen LogP contribution < -0.4 is 0 Å². The summed E-state index contributed by atoms with van der Waals surface area (Å²) in [6.45, 7) is 0. The quantitative estimate of drug-likeness (QED) is 0.671. The molecule has 2 aromatic heterocycles. The number of hydrogen-bond acceptors (Lipinski definition) is 4. The number of tetrazole rings is 1. The van der Waals surface area contributed by atoms with Gasteiger partial charge in [-0.15, -0.1) is 5.10 Å². The number of rotatable bonds is 1. The Hall–Kier alpha value is -1.72. The minimum atomic E-state index is 0.670. The number of H-pyrrole nitrogens is 2. The van der Waals surface area contributed by atoms with Crippen LogP contribution in [0.1, 0.15) is 23.6 Å². The SMILES string of the molecule is C1c2c(-c3nnn[nH]3)n[nH]c2C2CC12. The third-order valence-corrected chi connectivity index (χ3v) is 3.23. The zero-order chi connectivity index (χ0) is 9.12. The van der Waals surface area contributed by atoms with Gasteiger partial charge in [-0.3, -0.25) is 5.10 Å². The molecule has 0 radical (unpaired) electrons. The third-order valence-electron chi connectivity index (χ3n) is 3.23. The van der Waals surface area contributed by atoms with Crippen molar-refractivity contribution in [1.29, 1.82) is 0 Å². The summed E-state index contributed by atoms with van der Waals surface area (Å²) in [5.74, 6) is 2.26. The second kappa shape index (κ2) is 2.02. The highest BCUT2D eigenvalue weighted by molar-refractivity contribution is 5.59. The van der Waals surface area contributed by atoms with E-state index >= 15 is 0 Å². The highest BCUT2D eigenvalue weighted by Gasteiger charge is 2.48. The molecule has 1 fully saturated rings. The molecular formula is C8H8N6. The molecule has 70 valence electrons. The van der Waals surface area contributed by atoms with Gasteiger partial charge in [-0.1, -0.05) is 0 Å². The molecule has 2 atom stereocenters. The predicted molar refractivity (Wildman–Crippen MR) is 46.3 cm³/mol. The van der Waals surface area contributed by atoms with E-state index in [2.05, 4.69) is 30.8 Å². The van der Waals surface area contributed by atoms with Crippen LogP contribution in [-0.2, 0) is 6.42 Å². The monoisotopic (exact) mass is 188 g/mol. The van der Waals surface area contributed by atoms with Crippen LogP contribution in [-0.4, -0.2) is 30.8 Å². The van der Waals surface area contributed by atoms with Gasteiger partial charge < -0.3 is 0 Å². The summed E-state index contributed by atoms with van der Waals surface area (Å²) >= 11 is 0. The number of aromatic amines is 2. The Labute approximate surface area is 79.1 Å². The molecule has 2 N–H and O–H groups in total. The summed E-state index contributed by atoms with van der Waals surface area (Å²) in [5.41, 5.74) is 3.52. The Morgan fingerprint density at radius 3 is 3.14 bits per heavy atom. The molecule has 2 aliphatic carbocycles. The normalized spacial score (nSPS) is 27.4. The van der Waals surface area contributed by atoms with Crippen molar-refractivity contribution in [2.45, 2.75) is 18.8 Å². The maximum absolute atomic E-state index is 4.26. The Balaban J connectivity index is 1.91. The molecule has 2 aliphatic rings. The van der Waals surface area contributed by atoms with E-state index < -0.39 is 0 Å². The van der Waals surface area contributed by atoms with Crippen LogP contribution in [0.4, 0.5) is 0 Å². The van der Waals surface area contributed by atoms with E-state index in [0.717, 1.165) is 24.0 Å². The fourth-order valence-electron chi connectivity index (χ4n) is 2.44. The average Bonchev–Trinajstić information content (AvgIpc) is 2.63. The lowest BCUT2D eigenvalue weighted by Crippen LogP contribution is -1.89. The van der Waals surface area contributed by atoms with Crippen molar-refractivity contribution in [1.82, 2.24) is 30.8 Å². The van der Waals surface area contributed by atoms with Crippen molar-refractivity contribution in [2.24, 2.45) is 5.92 Å². The van der Waals surface area contributed by atoms with Gasteiger partial charge in [-0.25, -0.2) is 5.10 Å². The topological polar surface area (TPSA) is 83.1 Å². The fraction of sp³-hybridized carbons (Fsp3) is 0.500. The largest absolute Gasteiger partial charge is 0.281 e. The number of hydrogen-bond donors (Lipinski definition) is 2. The van der Waals surface area contributed by atoms with E-state index in [4.69, 9.17) is 0 Å². The van der Waals surface area contributed by atoms with Crippen molar-refractivity contribution in [2.75, 3.05) is 0 Å². The van der Waals surface area contributed by atoms with Crippen LogP contribution in [0.3, 0.4) is 0 Å². The van der Waals surface area contributed by atoms with Crippen LogP contribution >= 0.6 is 0 Å². The smallest absolute Gasteiger partial charge is 0.200 e. The summed E-state index contributed by atoms with van der Waals surface area (Å²) in [4.78, 5) is 0. The first-order chi connectivity index (χ1) is 6.93. The summed E-state index contributed by atoms with van der Waals surface area (Å²) in [7, 11) is 0. The van der Waals surface area contributed by atoms with E-state index in [1.54, 1.807) is 0 Å². The van der Waals surface area contributed by atoms with Crippen LogP contribution in [0.25, 0.3) is 11.5 Å². The lowest BCUT2D eigenvalue weighted by molar-refractivity contribution is 0.841. The van der Waals surface area contributed by atoms with Gasteiger partial charge in [0.05, 0.1) is 0 Å². The van der Waals surface area contributed by atoms with E-state index in [9.17, 15) is 0 Å². The Kier molecular flexibility index (Phi) is 0.967. The van der Waals surface area contributed by atoms with Crippen LogP contribution in [0.15, 0.2) is 0 Å². The van der Waals surface area contributed by atoms with Gasteiger partial charge in [0.1, 0.15) is 5.69 Å². The first kappa shape index (κ1) is 6.69. The molecule has 1 saturated carbocycles. The lowest BCUT2D eigenvalue weighted by Gasteiger charge is -1.94. The lowest BCUT2D eigenvalue weighted by atomic mass is 10.1. The van der Waals surface area contributed by atoms with Gasteiger partial charge in [-0.2, -0.15) is 5.10 Å². The molecule has 0 aromatic carbocycles. The van der Waals surface area contributed by atoms with Crippen LogP contribution in [0, 0.1) is 5.92 Å². The van der Waals surface area contributed by atoms with Gasteiger partial charge in [0.25, 0.3) is 0 Å². The minimum Gasteiger partial charge on any atom is -0.281 e. The number of nitrogens with zero attached hydrogens (tertiary/aromatic N) is 4. The molecule has 0 bridgehead atoms. The zero-order valence-corrected chi connectivity index (χ0v) is 7.36. The first-order valence-corrected chi connectivity index (χ1v) is 4.74. The number of nitrogens with one attached hydrogen (secondary N) is 2. The molecule has 14 heavy (non-hydrogen) atoms. The Bertz CT molecular complexity index is 484. The van der Waals surface area contributed by atoms with Gasteiger partial charge in [0, 0.05) is 17.2 Å². The van der Waals surface area contributed by atoms with Crippen molar-refractivity contribution < 1.29 is 0 Å². The molecule has 6 nitrogen and oxygen atoms in total. The van der Waals surface area contributed by atoms with E-state index in [-0.39, 0.29) is 0 Å². The summed E-state index contributed by atoms with van der Waals surface area (Å²) in [5, 5.41) is 21.1. The standard InChI is InChI=1S/C8H8N6/c1-3-2-5-6(4(1)3)9-10-7(5)8-11-13-14-12-8/h3-4H,1-2H2,(H,9,10)(H,11,12,13,14). The molecule has 0 saturated heterocycles. The van der Waals surface area contributed by atoms with Crippen molar-refractivity contribution in [3.05, 3.63) is 11.3 Å². The number of aromatic nitrogens is 6. The van der Waals surface area contributed by atoms with Crippen LogP contribution in [0.2, 0.25) is 0 Å². The first-order valence-electron chi connectivity index (χ1n) is 4.74. The van der Waals surface area contributed by atoms with Crippen LogP contribution in [0.5, 0.6) is 0 Å². The number of fused-ring (bicyclic) bond motifs is 3. The van der Waals surface area contributed by atoms with Gasteiger partial charge in [0.15, 0.2) is 5.82 Å². The Morgan fingerprint density at radius 1 is 1.29 bits per heavy atom. The molecule has 2 heterocycles. The second-order valence-corrected chi connectivity index (χ2v) is 4.02. The van der Waals surface area contributed by atoms with Gasteiger partial charge in [-0.05, 0) is 29.2 Å². The fourth-order valence-corrected chi connectivity index (χ4v) is 2.44. The van der Waals surface area contributed by atoms with Gasteiger partial charge >= 0.3 is 0 Å². The Morgan fingerprint density at radius 2 is 2.29 bits per heavy atom.